The Labute approximate surface area is 99.0 Å². The number of nitrogens with zero attached hydrogens (tertiary/aromatic N) is 1. The number of nitriles is 1. The number of rotatable bonds is 0. The van der Waals surface area contributed by atoms with Gasteiger partial charge in [0.2, 0.25) is 0 Å². The smallest absolute Gasteiger partial charge is 0.110 e. The molecule has 0 atom stereocenters. The highest BCUT2D eigenvalue weighted by Crippen LogP contribution is 2.44. The zero-order chi connectivity index (χ0) is 11.0. The van der Waals surface area contributed by atoms with Gasteiger partial charge in [0.1, 0.15) is 16.5 Å². The van der Waals surface area contributed by atoms with Gasteiger partial charge in [-0.05, 0) is 44.0 Å². The van der Waals surface area contributed by atoms with Gasteiger partial charge in [0.15, 0.2) is 0 Å². The summed E-state index contributed by atoms with van der Waals surface area (Å²) in [5.74, 6) is 0. The van der Waals surface area contributed by atoms with Crippen LogP contribution in [0.5, 0.6) is 0 Å². The van der Waals surface area contributed by atoms with E-state index in [4.69, 9.17) is 10.00 Å². The van der Waals surface area contributed by atoms with Crippen molar-refractivity contribution < 1.29 is 4.74 Å². The molecule has 0 saturated carbocycles. The second-order valence-corrected chi connectivity index (χ2v) is 5.47. The fourth-order valence-corrected chi connectivity index (χ4v) is 3.89. The third kappa shape index (κ3) is 1.47. The summed E-state index contributed by atoms with van der Waals surface area (Å²) < 4.78 is 6.05. The van der Waals surface area contributed by atoms with E-state index in [0.29, 0.717) is 0 Å². The molecule has 0 aliphatic carbocycles. The molecule has 16 heavy (non-hydrogen) atoms. The van der Waals surface area contributed by atoms with Crippen LogP contribution in [0.4, 0.5) is 0 Å². The van der Waals surface area contributed by atoms with E-state index in [1.54, 1.807) is 11.3 Å². The third-order valence-electron chi connectivity index (χ3n) is 3.49. The molecule has 0 aromatic carbocycles. The molecule has 0 radical (unpaired) electrons. The average molecular weight is 234 g/mol. The van der Waals surface area contributed by atoms with E-state index in [1.807, 2.05) is 6.07 Å². The molecular formula is C12H14N2OS. The van der Waals surface area contributed by atoms with Crippen LogP contribution in [0.1, 0.15) is 28.2 Å². The standard InChI is InChI=1S/C12H14N2OS/c13-8-10-7-9-1-6-15-12(11(9)16-10)2-4-14-5-3-12/h7,14H,1-6H2. The summed E-state index contributed by atoms with van der Waals surface area (Å²) in [5, 5.41) is 12.3. The zero-order valence-corrected chi connectivity index (χ0v) is 9.90. The molecule has 4 heteroatoms. The molecule has 3 heterocycles. The summed E-state index contributed by atoms with van der Waals surface area (Å²) in [6.45, 7) is 2.83. The molecule has 2 aliphatic heterocycles. The van der Waals surface area contributed by atoms with Gasteiger partial charge in [0.25, 0.3) is 0 Å². The molecule has 0 unspecified atom stereocenters. The lowest BCUT2D eigenvalue weighted by Crippen LogP contribution is -2.43. The largest absolute Gasteiger partial charge is 0.369 e. The predicted octanol–water partition coefficient (Wildman–Crippen LogP) is 1.77. The summed E-state index contributed by atoms with van der Waals surface area (Å²) in [6.07, 6.45) is 3.03. The van der Waals surface area contributed by atoms with Gasteiger partial charge in [-0.15, -0.1) is 11.3 Å². The molecule has 1 aromatic rings. The van der Waals surface area contributed by atoms with Gasteiger partial charge in [-0.1, -0.05) is 0 Å². The minimum atomic E-state index is -0.0847. The number of hydrogen-bond donors (Lipinski definition) is 1. The SMILES string of the molecule is N#Cc1cc2c(s1)C1(CCNCC1)OCC2. The van der Waals surface area contributed by atoms with E-state index in [9.17, 15) is 0 Å². The van der Waals surface area contributed by atoms with Gasteiger partial charge in [0.05, 0.1) is 6.61 Å². The molecule has 1 spiro atoms. The lowest BCUT2D eigenvalue weighted by molar-refractivity contribution is -0.0771. The van der Waals surface area contributed by atoms with Crippen molar-refractivity contribution in [2.45, 2.75) is 24.9 Å². The molecule has 84 valence electrons. The Morgan fingerprint density at radius 2 is 2.25 bits per heavy atom. The van der Waals surface area contributed by atoms with Crippen LogP contribution in [-0.4, -0.2) is 19.7 Å². The molecule has 3 nitrogen and oxygen atoms in total. The number of fused-ring (bicyclic) bond motifs is 2. The minimum Gasteiger partial charge on any atom is -0.369 e. The predicted molar refractivity (Wildman–Crippen MR) is 62.5 cm³/mol. The molecule has 1 N–H and O–H groups in total. The second kappa shape index (κ2) is 3.85. The monoisotopic (exact) mass is 234 g/mol. The maximum absolute atomic E-state index is 8.98. The van der Waals surface area contributed by atoms with Crippen molar-refractivity contribution in [1.82, 2.24) is 5.32 Å². The quantitative estimate of drug-likeness (QED) is 0.744. The van der Waals surface area contributed by atoms with Crippen LogP contribution in [0.15, 0.2) is 6.07 Å². The summed E-state index contributed by atoms with van der Waals surface area (Å²) in [6, 6.07) is 4.30. The number of piperidine rings is 1. The first-order chi connectivity index (χ1) is 7.84. The maximum atomic E-state index is 8.98. The van der Waals surface area contributed by atoms with Crippen LogP contribution in [0.25, 0.3) is 0 Å². The molecule has 1 aromatic heterocycles. The molecule has 1 fully saturated rings. The van der Waals surface area contributed by atoms with Crippen molar-refractivity contribution in [3.63, 3.8) is 0 Å². The molecule has 2 aliphatic rings. The number of thiophene rings is 1. The highest BCUT2D eigenvalue weighted by atomic mass is 32.1. The molecular weight excluding hydrogens is 220 g/mol. The fourth-order valence-electron chi connectivity index (χ4n) is 2.68. The van der Waals surface area contributed by atoms with Gasteiger partial charge < -0.3 is 10.1 Å². The van der Waals surface area contributed by atoms with E-state index < -0.39 is 0 Å². The van der Waals surface area contributed by atoms with E-state index in [1.165, 1.54) is 10.4 Å². The Bertz CT molecular complexity index is 440. The molecule has 0 bridgehead atoms. The van der Waals surface area contributed by atoms with Crippen LogP contribution < -0.4 is 5.32 Å². The van der Waals surface area contributed by atoms with Crippen molar-refractivity contribution in [3.05, 3.63) is 21.4 Å². The van der Waals surface area contributed by atoms with Crippen LogP contribution in [0, 0.1) is 11.3 Å². The lowest BCUT2D eigenvalue weighted by atomic mass is 9.86. The van der Waals surface area contributed by atoms with Gasteiger partial charge in [0, 0.05) is 4.88 Å². The van der Waals surface area contributed by atoms with E-state index in [2.05, 4.69) is 11.4 Å². The van der Waals surface area contributed by atoms with Crippen molar-refractivity contribution in [2.75, 3.05) is 19.7 Å². The van der Waals surface area contributed by atoms with E-state index >= 15 is 0 Å². The van der Waals surface area contributed by atoms with Crippen molar-refractivity contribution in [2.24, 2.45) is 0 Å². The van der Waals surface area contributed by atoms with Crippen LogP contribution in [0.2, 0.25) is 0 Å². The van der Waals surface area contributed by atoms with E-state index in [-0.39, 0.29) is 5.60 Å². The van der Waals surface area contributed by atoms with E-state index in [0.717, 1.165) is 43.8 Å². The van der Waals surface area contributed by atoms with Crippen molar-refractivity contribution >= 4 is 11.3 Å². The van der Waals surface area contributed by atoms with Gasteiger partial charge in [-0.3, -0.25) is 0 Å². The van der Waals surface area contributed by atoms with Gasteiger partial charge in [-0.2, -0.15) is 5.26 Å². The third-order valence-corrected chi connectivity index (χ3v) is 4.76. The molecule has 0 amide bonds. The number of nitrogens with one attached hydrogen (secondary N) is 1. The van der Waals surface area contributed by atoms with Gasteiger partial charge >= 0.3 is 0 Å². The lowest BCUT2D eigenvalue weighted by Gasteiger charge is -2.40. The van der Waals surface area contributed by atoms with Crippen molar-refractivity contribution in [3.8, 4) is 6.07 Å². The first kappa shape index (κ1) is 10.3. The van der Waals surface area contributed by atoms with Crippen LogP contribution in [-0.2, 0) is 16.8 Å². The highest BCUT2D eigenvalue weighted by Gasteiger charge is 2.40. The van der Waals surface area contributed by atoms with Crippen LogP contribution in [0.3, 0.4) is 0 Å². The Morgan fingerprint density at radius 3 is 3.00 bits per heavy atom. The summed E-state index contributed by atoms with van der Waals surface area (Å²) >= 11 is 1.63. The highest BCUT2D eigenvalue weighted by molar-refractivity contribution is 7.12. The maximum Gasteiger partial charge on any atom is 0.110 e. The number of ether oxygens (including phenoxy) is 1. The summed E-state index contributed by atoms with van der Waals surface area (Å²) in [7, 11) is 0. The summed E-state index contributed by atoms with van der Waals surface area (Å²) in [5.41, 5.74) is 1.26. The molecule has 1 saturated heterocycles. The minimum absolute atomic E-state index is 0.0847. The average Bonchev–Trinajstić information content (AvgIpc) is 2.75. The normalized spacial score (nSPS) is 22.7. The van der Waals surface area contributed by atoms with Gasteiger partial charge in [-0.25, -0.2) is 0 Å². The first-order valence-corrected chi connectivity index (χ1v) is 6.54. The Balaban J connectivity index is 2.04. The zero-order valence-electron chi connectivity index (χ0n) is 9.08. The Morgan fingerprint density at radius 1 is 1.44 bits per heavy atom. The van der Waals surface area contributed by atoms with Crippen molar-refractivity contribution in [1.29, 1.82) is 5.26 Å². The summed E-state index contributed by atoms with van der Waals surface area (Å²) in [4.78, 5) is 2.14. The first-order valence-electron chi connectivity index (χ1n) is 5.72. The topological polar surface area (TPSA) is 45.0 Å². The van der Waals surface area contributed by atoms with Crippen LogP contribution >= 0.6 is 11.3 Å². The fraction of sp³-hybridized carbons (Fsp3) is 0.583. The second-order valence-electron chi connectivity index (χ2n) is 4.42. The molecule has 3 rings (SSSR count). The Hall–Kier alpha value is -0.890. The Kier molecular flexibility index (Phi) is 2.47. The number of hydrogen-bond acceptors (Lipinski definition) is 4.